The Balaban J connectivity index is 1.11. The second kappa shape index (κ2) is 12.4. The maximum Gasteiger partial charge on any atom is 0.407 e. The summed E-state index contributed by atoms with van der Waals surface area (Å²) >= 11 is 0. The number of aliphatic hydroxyl groups is 1. The van der Waals surface area contributed by atoms with Crippen molar-refractivity contribution in [2.45, 2.75) is 142 Å². The third-order valence-corrected chi connectivity index (χ3v) is 15.6. The number of halogens is 3. The number of alkyl carbamates (subject to hydrolysis) is 1. The van der Waals surface area contributed by atoms with Gasteiger partial charge in [-0.3, -0.25) is 4.90 Å². The van der Waals surface area contributed by atoms with E-state index >= 15 is 0 Å². The van der Waals surface area contributed by atoms with Crippen LogP contribution in [0.3, 0.4) is 0 Å². The molecule has 0 bridgehead atoms. The molecule has 11 atom stereocenters. The molecule has 1 heterocycles. The molecule has 12 heteroatoms. The van der Waals surface area contributed by atoms with Gasteiger partial charge in [0.1, 0.15) is 12.2 Å². The minimum atomic E-state index is -4.24. The smallest absolute Gasteiger partial charge is 0.407 e. The molecule has 1 aliphatic heterocycles. The van der Waals surface area contributed by atoms with E-state index in [0.717, 1.165) is 57.8 Å². The second-order valence-corrected chi connectivity index (χ2v) is 18.2. The minimum Gasteiger partial charge on any atom is -0.446 e. The number of primary amides is 1. The Morgan fingerprint density at radius 1 is 1.02 bits per heavy atom. The molecule has 5 unspecified atom stereocenters. The van der Waals surface area contributed by atoms with Crippen LogP contribution in [0.15, 0.2) is 0 Å². The fraction of sp³-hybridized carbons (Fsp3) is 0.946. The lowest BCUT2D eigenvalue weighted by atomic mass is 9.41. The van der Waals surface area contributed by atoms with Gasteiger partial charge in [0.25, 0.3) is 0 Å². The predicted molar refractivity (Wildman–Crippen MR) is 177 cm³/mol. The topological polar surface area (TPSA) is 123 Å². The van der Waals surface area contributed by atoms with Gasteiger partial charge in [-0.2, -0.15) is 13.2 Å². The number of nitrogens with zero attached hydrogens (tertiary/aromatic N) is 1. The third kappa shape index (κ3) is 5.85. The highest BCUT2D eigenvalue weighted by molar-refractivity contribution is 5.68. The summed E-state index contributed by atoms with van der Waals surface area (Å²) < 4.78 is 55.5. The highest BCUT2D eigenvalue weighted by Crippen LogP contribution is 2.89. The standard InChI is InChI=1S/C37H60F3N3O6/c1-21(2)29(49-30(41)45)24(47-7)9-8-22-16-27(44)34(6)26-11-10-25-32(3,4)28(12-13-35(25)19-36(26,35)15-14-33(22,34)5)48-31(46)42-23-17-43(18-23)20-37(38,39)40/h21-29,44H,8-20H2,1-7H3,(H2,41,45)(H,42,46)/t22-,24?,25?,26?,27-,28-,29+,33+,34?,35+,36?/m0/s1. The zero-order chi connectivity index (χ0) is 35.9. The molecule has 0 aromatic heterocycles. The van der Waals surface area contributed by atoms with Crippen LogP contribution in [0.25, 0.3) is 0 Å². The second-order valence-electron chi connectivity index (χ2n) is 18.2. The number of carbonyl (C=O) groups excluding carboxylic acids is 2. The molecule has 9 nitrogen and oxygen atoms in total. The molecule has 280 valence electrons. The van der Waals surface area contributed by atoms with Crippen LogP contribution in [0.5, 0.6) is 0 Å². The first kappa shape index (κ1) is 37.0. The minimum absolute atomic E-state index is 0.0275. The molecule has 0 aromatic rings. The van der Waals surface area contributed by atoms with Gasteiger partial charge in [-0.1, -0.05) is 41.5 Å². The van der Waals surface area contributed by atoms with Gasteiger partial charge in [0.2, 0.25) is 0 Å². The summed E-state index contributed by atoms with van der Waals surface area (Å²) in [5.74, 6) is 1.20. The molecule has 6 fully saturated rings. The summed E-state index contributed by atoms with van der Waals surface area (Å²) in [6.07, 6.45) is 2.72. The summed E-state index contributed by atoms with van der Waals surface area (Å²) in [6.45, 7) is 12.7. The summed E-state index contributed by atoms with van der Waals surface area (Å²) in [6, 6.07) is -0.325. The van der Waals surface area contributed by atoms with E-state index in [1.54, 1.807) is 7.11 Å². The molecule has 6 aliphatic rings. The Kier molecular flexibility index (Phi) is 9.37. The lowest BCUT2D eigenvalue weighted by molar-refractivity contribution is -0.180. The van der Waals surface area contributed by atoms with Crippen molar-refractivity contribution in [2.24, 2.45) is 56.5 Å². The lowest BCUT2D eigenvalue weighted by Gasteiger charge is -2.63. The number of hydrogen-bond donors (Lipinski definition) is 3. The van der Waals surface area contributed by atoms with Gasteiger partial charge in [-0.25, -0.2) is 9.59 Å². The molecule has 0 radical (unpaired) electrons. The molecular formula is C37H60F3N3O6. The number of aliphatic hydroxyl groups excluding tert-OH is 1. The van der Waals surface area contributed by atoms with E-state index in [9.17, 15) is 27.9 Å². The zero-order valence-corrected chi connectivity index (χ0v) is 30.5. The largest absolute Gasteiger partial charge is 0.446 e. The number of amides is 2. The Labute approximate surface area is 289 Å². The van der Waals surface area contributed by atoms with Gasteiger partial charge >= 0.3 is 18.4 Å². The van der Waals surface area contributed by atoms with Crippen molar-refractivity contribution in [1.29, 1.82) is 0 Å². The average molecular weight is 700 g/mol. The van der Waals surface area contributed by atoms with E-state index in [0.29, 0.717) is 17.8 Å². The van der Waals surface area contributed by atoms with E-state index in [4.69, 9.17) is 19.9 Å². The Hall–Kier alpha value is -1.79. The maximum atomic E-state index is 12.9. The molecule has 5 aliphatic carbocycles. The fourth-order valence-electron chi connectivity index (χ4n) is 13.1. The molecule has 4 N–H and O–H groups in total. The number of hydrogen-bond acceptors (Lipinski definition) is 7. The number of nitrogens with one attached hydrogen (secondary N) is 1. The van der Waals surface area contributed by atoms with Gasteiger partial charge in [0.05, 0.1) is 24.8 Å². The van der Waals surface area contributed by atoms with Crippen molar-refractivity contribution < 1.29 is 42.1 Å². The van der Waals surface area contributed by atoms with Crippen molar-refractivity contribution >= 4 is 12.2 Å². The van der Waals surface area contributed by atoms with E-state index in [1.807, 2.05) is 13.8 Å². The van der Waals surface area contributed by atoms with Crippen molar-refractivity contribution in [3.63, 3.8) is 0 Å². The van der Waals surface area contributed by atoms with Crippen LogP contribution < -0.4 is 11.1 Å². The van der Waals surface area contributed by atoms with Crippen molar-refractivity contribution in [3.05, 3.63) is 0 Å². The van der Waals surface area contributed by atoms with Gasteiger partial charge in [-0.05, 0) is 104 Å². The van der Waals surface area contributed by atoms with Crippen molar-refractivity contribution in [3.8, 4) is 0 Å². The SMILES string of the molecule is COC(CC[C@H]1C[C@H](O)C2(C)C3CCC4C(C)(C)[C@@H](OC(=O)NC5CN(CC(F)(F)F)C5)CC[C@@]45CC35CC[C@]12C)[C@H](OC(N)=O)C(C)C. The fourth-order valence-corrected chi connectivity index (χ4v) is 13.1. The number of likely N-dealkylation sites (tertiary alicyclic amines) is 1. The molecule has 2 amide bonds. The predicted octanol–water partition coefficient (Wildman–Crippen LogP) is 6.65. The van der Waals surface area contributed by atoms with Crippen LogP contribution in [0.2, 0.25) is 0 Å². The van der Waals surface area contributed by atoms with Gasteiger partial charge in [0.15, 0.2) is 0 Å². The normalized spacial score (nSPS) is 42.5. The molecule has 0 aromatic carbocycles. The summed E-state index contributed by atoms with van der Waals surface area (Å²) in [5, 5.41) is 14.8. The number of alkyl halides is 3. The first-order valence-corrected chi connectivity index (χ1v) is 18.7. The Morgan fingerprint density at radius 2 is 1.67 bits per heavy atom. The van der Waals surface area contributed by atoms with Crippen LogP contribution in [0.1, 0.15) is 106 Å². The summed E-state index contributed by atoms with van der Waals surface area (Å²) in [4.78, 5) is 25.9. The van der Waals surface area contributed by atoms with Crippen LogP contribution in [0.4, 0.5) is 22.8 Å². The average Bonchev–Trinajstić information content (AvgIpc) is 3.60. The van der Waals surface area contributed by atoms with Crippen LogP contribution in [-0.2, 0) is 14.2 Å². The summed E-state index contributed by atoms with van der Waals surface area (Å²) in [7, 11) is 1.66. The van der Waals surface area contributed by atoms with E-state index in [-0.39, 0.29) is 64.3 Å². The molecule has 1 saturated heterocycles. The van der Waals surface area contributed by atoms with Crippen LogP contribution in [-0.4, -0.2) is 85.6 Å². The molecule has 6 rings (SSSR count). The first-order chi connectivity index (χ1) is 22.7. The molecule has 49 heavy (non-hydrogen) atoms. The van der Waals surface area contributed by atoms with E-state index < -0.39 is 37.1 Å². The van der Waals surface area contributed by atoms with Crippen molar-refractivity contribution in [2.75, 3.05) is 26.7 Å². The number of nitrogens with two attached hydrogens (primary N) is 1. The van der Waals surface area contributed by atoms with Gasteiger partial charge in [-0.15, -0.1) is 0 Å². The van der Waals surface area contributed by atoms with Crippen LogP contribution >= 0.6 is 0 Å². The Bertz CT molecular complexity index is 1280. The quantitative estimate of drug-likeness (QED) is 0.233. The monoisotopic (exact) mass is 699 g/mol. The number of rotatable bonds is 10. The zero-order valence-electron chi connectivity index (χ0n) is 30.5. The number of methoxy groups -OCH3 is 1. The number of carbonyl (C=O) groups is 2. The van der Waals surface area contributed by atoms with Gasteiger partial charge < -0.3 is 30.4 Å². The maximum absolute atomic E-state index is 12.9. The van der Waals surface area contributed by atoms with Crippen molar-refractivity contribution in [1.82, 2.24) is 10.2 Å². The highest BCUT2D eigenvalue weighted by atomic mass is 19.4. The van der Waals surface area contributed by atoms with E-state index in [1.165, 1.54) is 11.3 Å². The molecular weight excluding hydrogens is 639 g/mol. The van der Waals surface area contributed by atoms with E-state index in [2.05, 4.69) is 33.0 Å². The molecule has 2 spiro atoms. The third-order valence-electron chi connectivity index (χ3n) is 15.6. The summed E-state index contributed by atoms with van der Waals surface area (Å²) in [5.41, 5.74) is 5.29. The first-order valence-electron chi connectivity index (χ1n) is 18.7. The number of ether oxygens (including phenoxy) is 3. The van der Waals surface area contributed by atoms with Gasteiger partial charge in [0, 0.05) is 31.0 Å². The van der Waals surface area contributed by atoms with Crippen LogP contribution in [0, 0.1) is 50.7 Å². The molecule has 5 saturated carbocycles. The Morgan fingerprint density at radius 3 is 2.29 bits per heavy atom. The number of fused-ring (bicyclic) bond motifs is 2. The lowest BCUT2D eigenvalue weighted by Crippen LogP contribution is -2.62. The highest BCUT2D eigenvalue weighted by Gasteiger charge is 2.83.